The molecule has 2 saturated heterocycles. The van der Waals surface area contributed by atoms with Gasteiger partial charge in [0.15, 0.2) is 0 Å². The lowest BCUT2D eigenvalue weighted by atomic mass is 9.99. The van der Waals surface area contributed by atoms with Gasteiger partial charge in [-0.25, -0.2) is 4.39 Å². The number of carbonyl (C=O) groups is 1. The molecule has 1 N–H and O–H groups in total. The summed E-state index contributed by atoms with van der Waals surface area (Å²) in [6, 6.07) is 23.7. The van der Waals surface area contributed by atoms with Crippen molar-refractivity contribution in [3.63, 3.8) is 0 Å². The first-order valence-electron chi connectivity index (χ1n) is 12.0. The second kappa shape index (κ2) is 8.73. The fourth-order valence-corrected chi connectivity index (χ4v) is 5.77. The Balaban J connectivity index is 1.14. The highest BCUT2D eigenvalue weighted by molar-refractivity contribution is 5.95. The van der Waals surface area contributed by atoms with Crippen molar-refractivity contribution in [3.05, 3.63) is 107 Å². The van der Waals surface area contributed by atoms with E-state index in [9.17, 15) is 9.18 Å². The van der Waals surface area contributed by atoms with Crippen LogP contribution in [0.2, 0.25) is 0 Å². The van der Waals surface area contributed by atoms with Gasteiger partial charge in [0.2, 0.25) is 0 Å². The van der Waals surface area contributed by atoms with Gasteiger partial charge in [-0.05, 0) is 59.2 Å². The molecule has 3 aromatic carbocycles. The summed E-state index contributed by atoms with van der Waals surface area (Å²) >= 11 is 0. The highest BCUT2D eigenvalue weighted by Gasteiger charge is 2.41. The Morgan fingerprint density at radius 1 is 0.882 bits per heavy atom. The third-order valence-electron chi connectivity index (χ3n) is 7.44. The van der Waals surface area contributed by atoms with Crippen LogP contribution in [0.25, 0.3) is 10.9 Å². The summed E-state index contributed by atoms with van der Waals surface area (Å²) in [6.07, 6.45) is 2.59. The third kappa shape index (κ3) is 4.01. The number of carbonyl (C=O) groups excluding carboxylic acids is 1. The molecule has 34 heavy (non-hydrogen) atoms. The summed E-state index contributed by atoms with van der Waals surface area (Å²) in [5.74, 6) is 0.315. The molecule has 4 nitrogen and oxygen atoms in total. The van der Waals surface area contributed by atoms with Gasteiger partial charge in [-0.3, -0.25) is 9.69 Å². The summed E-state index contributed by atoms with van der Waals surface area (Å²) in [6.45, 7) is 4.35. The number of nitrogens with zero attached hydrogens (tertiary/aromatic N) is 2. The number of fused-ring (bicyclic) bond motifs is 2. The predicted octanol–water partition coefficient (Wildman–Crippen LogP) is 5.10. The molecule has 6 rings (SSSR count). The normalized spacial score (nSPS) is 20.2. The minimum Gasteiger partial charge on any atom is -0.361 e. The van der Waals surface area contributed by atoms with Crippen LogP contribution in [-0.2, 0) is 13.0 Å². The molecule has 0 spiro atoms. The van der Waals surface area contributed by atoms with Crippen molar-refractivity contribution >= 4 is 16.8 Å². The van der Waals surface area contributed by atoms with Crippen molar-refractivity contribution in [1.82, 2.24) is 14.8 Å². The topological polar surface area (TPSA) is 39.3 Å². The zero-order valence-corrected chi connectivity index (χ0v) is 19.1. The lowest BCUT2D eigenvalue weighted by Gasteiger charge is -2.22. The standard InChI is InChI=1S/C29H28FN3O/c30-27-10-9-21(13-22-7-4-8-28-25(22)11-12-31-28)14-26(27)29(34)33-18-23-16-32(17-24(23)19-33)15-20-5-2-1-3-6-20/h1-12,14,23-24,31H,13,15-19H2. The second-order valence-corrected chi connectivity index (χ2v) is 9.76. The van der Waals surface area contributed by atoms with Gasteiger partial charge >= 0.3 is 0 Å². The lowest BCUT2D eigenvalue weighted by Crippen LogP contribution is -2.33. The molecule has 0 radical (unpaired) electrons. The van der Waals surface area contributed by atoms with E-state index in [1.807, 2.05) is 29.3 Å². The van der Waals surface area contributed by atoms with Gasteiger partial charge in [0.1, 0.15) is 5.82 Å². The van der Waals surface area contributed by atoms with Crippen LogP contribution in [0, 0.1) is 17.7 Å². The number of aromatic amines is 1. The van der Waals surface area contributed by atoms with Gasteiger partial charge in [0, 0.05) is 49.8 Å². The van der Waals surface area contributed by atoms with Crippen LogP contribution in [0.4, 0.5) is 4.39 Å². The molecule has 3 heterocycles. The first kappa shape index (κ1) is 21.1. The molecule has 2 atom stereocenters. The molecule has 2 aliphatic heterocycles. The van der Waals surface area contributed by atoms with Crippen LogP contribution < -0.4 is 0 Å². The molecular weight excluding hydrogens is 425 g/mol. The Morgan fingerprint density at radius 2 is 1.68 bits per heavy atom. The largest absolute Gasteiger partial charge is 0.361 e. The van der Waals surface area contributed by atoms with E-state index in [-0.39, 0.29) is 11.5 Å². The van der Waals surface area contributed by atoms with Gasteiger partial charge in [-0.2, -0.15) is 0 Å². The Kier molecular flexibility index (Phi) is 5.42. The minimum atomic E-state index is -0.434. The number of likely N-dealkylation sites (tertiary alicyclic amines) is 2. The Morgan fingerprint density at radius 3 is 2.47 bits per heavy atom. The molecule has 2 unspecified atom stereocenters. The summed E-state index contributed by atoms with van der Waals surface area (Å²) < 4.78 is 14.7. The summed E-state index contributed by atoms with van der Waals surface area (Å²) in [5, 5.41) is 1.16. The molecule has 2 fully saturated rings. The summed E-state index contributed by atoms with van der Waals surface area (Å²) in [5.41, 5.74) is 4.72. The predicted molar refractivity (Wildman–Crippen MR) is 132 cm³/mol. The molecule has 5 heteroatoms. The number of nitrogens with one attached hydrogen (secondary N) is 1. The van der Waals surface area contributed by atoms with Crippen LogP contribution in [-0.4, -0.2) is 46.9 Å². The van der Waals surface area contributed by atoms with E-state index >= 15 is 0 Å². The molecule has 0 bridgehead atoms. The minimum absolute atomic E-state index is 0.178. The fraction of sp³-hybridized carbons (Fsp3) is 0.276. The van der Waals surface area contributed by atoms with Crippen molar-refractivity contribution in [2.75, 3.05) is 26.2 Å². The molecule has 4 aromatic rings. The van der Waals surface area contributed by atoms with Crippen molar-refractivity contribution in [2.45, 2.75) is 13.0 Å². The zero-order valence-electron chi connectivity index (χ0n) is 19.1. The van der Waals surface area contributed by atoms with Crippen LogP contribution in [0.15, 0.2) is 79.0 Å². The first-order chi connectivity index (χ1) is 16.6. The van der Waals surface area contributed by atoms with E-state index in [2.05, 4.69) is 46.3 Å². The molecule has 1 aromatic heterocycles. The fourth-order valence-electron chi connectivity index (χ4n) is 5.77. The molecular formula is C29H28FN3O. The quantitative estimate of drug-likeness (QED) is 0.457. The van der Waals surface area contributed by atoms with Crippen molar-refractivity contribution < 1.29 is 9.18 Å². The number of benzene rings is 3. The molecule has 172 valence electrons. The van der Waals surface area contributed by atoms with Gasteiger partial charge in [0.25, 0.3) is 5.91 Å². The smallest absolute Gasteiger partial charge is 0.256 e. The van der Waals surface area contributed by atoms with E-state index < -0.39 is 5.82 Å². The SMILES string of the molecule is O=C(c1cc(Cc2cccc3[nH]ccc23)ccc1F)N1CC2CN(Cc3ccccc3)CC2C1. The number of H-pyrrole nitrogens is 1. The van der Waals surface area contributed by atoms with E-state index in [1.165, 1.54) is 11.6 Å². The van der Waals surface area contributed by atoms with Crippen LogP contribution in [0.1, 0.15) is 27.0 Å². The summed E-state index contributed by atoms with van der Waals surface area (Å²) in [7, 11) is 0. The maximum Gasteiger partial charge on any atom is 0.256 e. The van der Waals surface area contributed by atoms with Crippen LogP contribution in [0.3, 0.4) is 0 Å². The highest BCUT2D eigenvalue weighted by Crippen LogP contribution is 2.33. The van der Waals surface area contributed by atoms with Crippen molar-refractivity contribution in [3.8, 4) is 0 Å². The Labute approximate surface area is 199 Å². The van der Waals surface area contributed by atoms with Crippen LogP contribution >= 0.6 is 0 Å². The van der Waals surface area contributed by atoms with Crippen molar-refractivity contribution in [2.24, 2.45) is 11.8 Å². The number of amides is 1. The Hall–Kier alpha value is -3.44. The van der Waals surface area contributed by atoms with Gasteiger partial charge in [-0.1, -0.05) is 48.5 Å². The number of hydrogen-bond donors (Lipinski definition) is 1. The molecule has 0 aliphatic carbocycles. The Bertz CT molecular complexity index is 1320. The average molecular weight is 454 g/mol. The zero-order chi connectivity index (χ0) is 23.1. The second-order valence-electron chi connectivity index (χ2n) is 9.76. The number of halogens is 1. The highest BCUT2D eigenvalue weighted by atomic mass is 19.1. The third-order valence-corrected chi connectivity index (χ3v) is 7.44. The maximum absolute atomic E-state index is 14.7. The maximum atomic E-state index is 14.7. The first-order valence-corrected chi connectivity index (χ1v) is 12.0. The van der Waals surface area contributed by atoms with Gasteiger partial charge in [0.05, 0.1) is 5.56 Å². The number of hydrogen-bond acceptors (Lipinski definition) is 2. The van der Waals surface area contributed by atoms with Crippen LogP contribution in [0.5, 0.6) is 0 Å². The van der Waals surface area contributed by atoms with E-state index in [1.54, 1.807) is 12.1 Å². The average Bonchev–Trinajstić information content (AvgIpc) is 3.56. The van der Waals surface area contributed by atoms with Gasteiger partial charge in [-0.15, -0.1) is 0 Å². The number of aromatic nitrogens is 1. The summed E-state index contributed by atoms with van der Waals surface area (Å²) in [4.78, 5) is 20.9. The van der Waals surface area contributed by atoms with Crippen molar-refractivity contribution in [1.29, 1.82) is 0 Å². The van der Waals surface area contributed by atoms with Gasteiger partial charge < -0.3 is 9.88 Å². The van der Waals surface area contributed by atoms with E-state index in [0.29, 0.717) is 31.3 Å². The molecule has 2 aliphatic rings. The van der Waals surface area contributed by atoms with E-state index in [0.717, 1.165) is 41.7 Å². The monoisotopic (exact) mass is 453 g/mol. The molecule has 1 amide bonds. The lowest BCUT2D eigenvalue weighted by molar-refractivity contribution is 0.0768. The molecule has 0 saturated carbocycles. The number of rotatable bonds is 5. The van der Waals surface area contributed by atoms with E-state index in [4.69, 9.17) is 0 Å².